The molecule has 1 heterocycles. The summed E-state index contributed by atoms with van der Waals surface area (Å²) in [6.45, 7) is 0. The van der Waals surface area contributed by atoms with E-state index < -0.39 is 23.8 Å². The Labute approximate surface area is 166 Å². The normalized spacial score (nSPS) is 16.1. The molecule has 2 aromatic carbocycles. The Hall–Kier alpha value is -3.32. The number of halogens is 1. The standard InChI is InChI=1S/C20H17ClN2O5/c1-27-14-5-3-4-12(10-14)16-15(17(19(25)28-2)23-20(26)22-16)18(24)11-6-8-13(21)9-7-11/h3-10,16H,1-2H3,(H2,22,23,26)/t16-/m1/s1. The first-order valence-electron chi connectivity index (χ1n) is 8.28. The quantitative estimate of drug-likeness (QED) is 0.594. The van der Waals surface area contributed by atoms with E-state index in [9.17, 15) is 14.4 Å². The molecule has 144 valence electrons. The first kappa shape index (κ1) is 19.4. The van der Waals surface area contributed by atoms with Gasteiger partial charge in [-0.15, -0.1) is 0 Å². The van der Waals surface area contributed by atoms with E-state index in [-0.39, 0.29) is 11.3 Å². The average molecular weight is 401 g/mol. The van der Waals surface area contributed by atoms with Crippen molar-refractivity contribution in [2.45, 2.75) is 6.04 Å². The Bertz CT molecular complexity index is 969. The summed E-state index contributed by atoms with van der Waals surface area (Å²) in [6.07, 6.45) is 0. The minimum absolute atomic E-state index is 0.0574. The third kappa shape index (κ3) is 3.84. The SMILES string of the molecule is COC(=O)C1=C(C(=O)c2ccc(Cl)cc2)[C@@H](c2cccc(OC)c2)NC(=O)N1. The number of rotatable bonds is 5. The molecule has 1 aliphatic rings. The molecule has 2 amide bonds. The number of methoxy groups -OCH3 is 2. The zero-order chi connectivity index (χ0) is 20.3. The number of amides is 2. The first-order chi connectivity index (χ1) is 13.4. The van der Waals surface area contributed by atoms with Gasteiger partial charge in [-0.1, -0.05) is 23.7 Å². The Balaban J connectivity index is 2.17. The number of ketones is 1. The number of ether oxygens (including phenoxy) is 2. The Morgan fingerprint density at radius 1 is 1.07 bits per heavy atom. The lowest BCUT2D eigenvalue weighted by Gasteiger charge is -2.29. The molecule has 0 saturated carbocycles. The van der Waals surface area contributed by atoms with Crippen LogP contribution in [-0.2, 0) is 9.53 Å². The molecule has 0 aliphatic carbocycles. The molecule has 0 bridgehead atoms. The van der Waals surface area contributed by atoms with Crippen molar-refractivity contribution in [3.8, 4) is 5.75 Å². The molecule has 0 radical (unpaired) electrons. The molecule has 0 spiro atoms. The predicted octanol–water partition coefficient (Wildman–Crippen LogP) is 3.01. The second kappa shape index (κ2) is 8.14. The molecule has 2 N–H and O–H groups in total. The molecule has 0 fully saturated rings. The van der Waals surface area contributed by atoms with Crippen molar-refractivity contribution < 1.29 is 23.9 Å². The first-order valence-corrected chi connectivity index (χ1v) is 8.66. The summed E-state index contributed by atoms with van der Waals surface area (Å²) in [6, 6.07) is 11.6. The van der Waals surface area contributed by atoms with E-state index in [1.54, 1.807) is 48.5 Å². The molecular formula is C20H17ClN2O5. The van der Waals surface area contributed by atoms with Gasteiger partial charge in [-0.25, -0.2) is 9.59 Å². The van der Waals surface area contributed by atoms with E-state index in [1.165, 1.54) is 14.2 Å². The number of carbonyl (C=O) groups is 3. The lowest BCUT2D eigenvalue weighted by Crippen LogP contribution is -2.47. The fraction of sp³-hybridized carbons (Fsp3) is 0.150. The van der Waals surface area contributed by atoms with Crippen LogP contribution in [-0.4, -0.2) is 32.0 Å². The van der Waals surface area contributed by atoms with Gasteiger partial charge >= 0.3 is 12.0 Å². The highest BCUT2D eigenvalue weighted by atomic mass is 35.5. The lowest BCUT2D eigenvalue weighted by atomic mass is 9.89. The minimum Gasteiger partial charge on any atom is -0.497 e. The molecule has 8 heteroatoms. The number of hydrogen-bond donors (Lipinski definition) is 2. The van der Waals surface area contributed by atoms with Crippen LogP contribution in [0.5, 0.6) is 5.75 Å². The summed E-state index contributed by atoms with van der Waals surface area (Å²) in [7, 11) is 2.68. The van der Waals surface area contributed by atoms with Crippen LogP contribution in [0.15, 0.2) is 59.8 Å². The van der Waals surface area contributed by atoms with Gasteiger partial charge in [0.2, 0.25) is 0 Å². The third-order valence-corrected chi connectivity index (χ3v) is 4.49. The van der Waals surface area contributed by atoms with Crippen LogP contribution in [0.3, 0.4) is 0 Å². The molecule has 0 saturated heterocycles. The number of nitrogens with one attached hydrogen (secondary N) is 2. The van der Waals surface area contributed by atoms with Crippen LogP contribution >= 0.6 is 11.6 Å². The summed E-state index contributed by atoms with van der Waals surface area (Å²) in [4.78, 5) is 37.7. The van der Waals surface area contributed by atoms with E-state index in [2.05, 4.69) is 10.6 Å². The summed E-state index contributed by atoms with van der Waals surface area (Å²) in [5.41, 5.74) is 0.737. The summed E-state index contributed by atoms with van der Waals surface area (Å²) in [5, 5.41) is 5.54. The smallest absolute Gasteiger partial charge is 0.355 e. The maximum absolute atomic E-state index is 13.3. The largest absolute Gasteiger partial charge is 0.497 e. The van der Waals surface area contributed by atoms with Gasteiger partial charge < -0.3 is 20.1 Å². The predicted molar refractivity (Wildman–Crippen MR) is 102 cm³/mol. The zero-order valence-electron chi connectivity index (χ0n) is 15.1. The minimum atomic E-state index is -0.874. The number of urea groups is 1. The van der Waals surface area contributed by atoms with Crippen molar-refractivity contribution in [3.63, 3.8) is 0 Å². The second-order valence-electron chi connectivity index (χ2n) is 5.92. The fourth-order valence-corrected chi connectivity index (χ4v) is 3.03. The molecule has 2 aromatic rings. The van der Waals surface area contributed by atoms with Crippen molar-refractivity contribution in [2.75, 3.05) is 14.2 Å². The van der Waals surface area contributed by atoms with Crippen LogP contribution in [0, 0.1) is 0 Å². The molecule has 7 nitrogen and oxygen atoms in total. The highest BCUT2D eigenvalue weighted by molar-refractivity contribution is 6.30. The second-order valence-corrected chi connectivity index (χ2v) is 6.36. The maximum atomic E-state index is 13.3. The molecule has 1 aliphatic heterocycles. The molecule has 0 aromatic heterocycles. The average Bonchev–Trinajstić information content (AvgIpc) is 2.72. The van der Waals surface area contributed by atoms with Gasteiger partial charge in [0.1, 0.15) is 11.4 Å². The zero-order valence-corrected chi connectivity index (χ0v) is 15.9. The van der Waals surface area contributed by atoms with Crippen LogP contribution in [0.1, 0.15) is 22.0 Å². The lowest BCUT2D eigenvalue weighted by molar-refractivity contribution is -0.136. The van der Waals surface area contributed by atoms with E-state index in [4.69, 9.17) is 21.1 Å². The van der Waals surface area contributed by atoms with Gasteiger partial charge in [0.05, 0.1) is 25.8 Å². The van der Waals surface area contributed by atoms with Crippen LogP contribution in [0.25, 0.3) is 0 Å². The van der Waals surface area contributed by atoms with Gasteiger partial charge in [-0.2, -0.15) is 0 Å². The summed E-state index contributed by atoms with van der Waals surface area (Å²) in [5.74, 6) is -0.722. The number of benzene rings is 2. The number of carbonyl (C=O) groups excluding carboxylic acids is 3. The Morgan fingerprint density at radius 2 is 1.79 bits per heavy atom. The van der Waals surface area contributed by atoms with Crippen molar-refractivity contribution in [1.29, 1.82) is 0 Å². The molecular weight excluding hydrogens is 384 g/mol. The van der Waals surface area contributed by atoms with Crippen molar-refractivity contribution in [1.82, 2.24) is 10.6 Å². The van der Waals surface area contributed by atoms with E-state index >= 15 is 0 Å². The monoisotopic (exact) mass is 400 g/mol. The van der Waals surface area contributed by atoms with Gasteiger partial charge in [-0.3, -0.25) is 4.79 Å². The van der Waals surface area contributed by atoms with Gasteiger partial charge in [0.25, 0.3) is 0 Å². The number of hydrogen-bond acceptors (Lipinski definition) is 5. The Kier molecular flexibility index (Phi) is 5.65. The third-order valence-electron chi connectivity index (χ3n) is 4.24. The summed E-state index contributed by atoms with van der Waals surface area (Å²) >= 11 is 5.90. The molecule has 1 atom stereocenters. The number of Topliss-reactive ketones (excluding diaryl/α,β-unsaturated/α-hetero) is 1. The molecule has 3 rings (SSSR count). The van der Waals surface area contributed by atoms with E-state index in [0.29, 0.717) is 21.9 Å². The van der Waals surface area contributed by atoms with Gasteiger partial charge in [0, 0.05) is 10.6 Å². The fourth-order valence-electron chi connectivity index (χ4n) is 2.90. The van der Waals surface area contributed by atoms with Crippen LogP contribution in [0.4, 0.5) is 4.79 Å². The Morgan fingerprint density at radius 3 is 2.43 bits per heavy atom. The van der Waals surface area contributed by atoms with E-state index in [1.807, 2.05) is 0 Å². The summed E-state index contributed by atoms with van der Waals surface area (Å²) < 4.78 is 9.99. The number of esters is 1. The van der Waals surface area contributed by atoms with Crippen molar-refractivity contribution in [3.05, 3.63) is 76.0 Å². The molecule has 0 unspecified atom stereocenters. The van der Waals surface area contributed by atoms with Gasteiger partial charge in [0.15, 0.2) is 5.78 Å². The highest BCUT2D eigenvalue weighted by Crippen LogP contribution is 2.31. The van der Waals surface area contributed by atoms with Crippen molar-refractivity contribution in [2.24, 2.45) is 0 Å². The van der Waals surface area contributed by atoms with Crippen molar-refractivity contribution >= 4 is 29.4 Å². The van der Waals surface area contributed by atoms with Gasteiger partial charge in [-0.05, 0) is 42.0 Å². The van der Waals surface area contributed by atoms with Crippen LogP contribution < -0.4 is 15.4 Å². The maximum Gasteiger partial charge on any atom is 0.355 e. The van der Waals surface area contributed by atoms with E-state index in [0.717, 1.165) is 0 Å². The highest BCUT2D eigenvalue weighted by Gasteiger charge is 2.36. The molecule has 28 heavy (non-hydrogen) atoms. The van der Waals surface area contributed by atoms with Crippen LogP contribution in [0.2, 0.25) is 5.02 Å². The topological polar surface area (TPSA) is 93.7 Å².